The van der Waals surface area contributed by atoms with E-state index in [1.165, 1.54) is 38.2 Å². The first-order chi connectivity index (χ1) is 10.4. The average Bonchev–Trinajstić information content (AvgIpc) is 3.06. The number of ether oxygens (including phenoxy) is 1. The zero-order valence-electron chi connectivity index (χ0n) is 12.9. The van der Waals surface area contributed by atoms with Crippen LogP contribution in [-0.4, -0.2) is 57.3 Å². The van der Waals surface area contributed by atoms with E-state index in [0.717, 1.165) is 45.0 Å². The number of piperazine rings is 1. The molecule has 1 N–H and O–H groups in total. The zero-order valence-corrected chi connectivity index (χ0v) is 12.9. The predicted octanol–water partition coefficient (Wildman–Crippen LogP) is 2.60. The van der Waals surface area contributed by atoms with Crippen molar-refractivity contribution in [2.75, 3.05) is 57.3 Å². The Bertz CT molecular complexity index is 409. The van der Waals surface area contributed by atoms with Gasteiger partial charge >= 0.3 is 0 Å². The first kappa shape index (κ1) is 17.1. The van der Waals surface area contributed by atoms with Gasteiger partial charge in [0.1, 0.15) is 5.75 Å². The minimum Gasteiger partial charge on any atom is -0.494 e. The number of nitrogens with zero attached hydrogens (tertiary/aromatic N) is 2. The molecule has 4 nitrogen and oxygen atoms in total. The molecular weight excluding hydrogens is 274 g/mol. The monoisotopic (exact) mass is 305 g/mol. The average molecular weight is 305 g/mol. The minimum absolute atomic E-state index is 0. The van der Waals surface area contributed by atoms with E-state index in [-0.39, 0.29) is 7.43 Å². The van der Waals surface area contributed by atoms with Gasteiger partial charge in [-0.2, -0.15) is 0 Å². The van der Waals surface area contributed by atoms with Crippen LogP contribution >= 0.6 is 0 Å². The van der Waals surface area contributed by atoms with Crippen LogP contribution in [-0.2, 0) is 0 Å². The number of benzene rings is 1. The lowest BCUT2D eigenvalue weighted by Gasteiger charge is -2.29. The molecule has 2 aliphatic rings. The fourth-order valence-electron chi connectivity index (χ4n) is 3.16. The van der Waals surface area contributed by atoms with Crippen molar-refractivity contribution < 1.29 is 4.74 Å². The number of anilines is 1. The third-order valence-electron chi connectivity index (χ3n) is 4.40. The lowest BCUT2D eigenvalue weighted by atomic mass is 10.2. The van der Waals surface area contributed by atoms with Crippen molar-refractivity contribution in [1.29, 1.82) is 0 Å². The molecule has 0 radical (unpaired) electrons. The van der Waals surface area contributed by atoms with Crippen molar-refractivity contribution >= 4 is 5.69 Å². The van der Waals surface area contributed by atoms with Crippen LogP contribution in [0.25, 0.3) is 0 Å². The summed E-state index contributed by atoms with van der Waals surface area (Å²) in [5.74, 6) is 0.996. The molecule has 1 aromatic rings. The summed E-state index contributed by atoms with van der Waals surface area (Å²) in [6.07, 6.45) is 3.86. The largest absolute Gasteiger partial charge is 0.494 e. The van der Waals surface area contributed by atoms with E-state index >= 15 is 0 Å². The zero-order chi connectivity index (χ0) is 14.3. The van der Waals surface area contributed by atoms with Crippen molar-refractivity contribution in [2.45, 2.75) is 26.7 Å². The summed E-state index contributed by atoms with van der Waals surface area (Å²) < 4.78 is 5.85. The number of likely N-dealkylation sites (tertiary alicyclic amines) is 1. The summed E-state index contributed by atoms with van der Waals surface area (Å²) in [5.41, 5.74) is 1.31. The Kier molecular flexibility index (Phi) is 7.00. The van der Waals surface area contributed by atoms with Crippen LogP contribution in [0.1, 0.15) is 26.7 Å². The quantitative estimate of drug-likeness (QED) is 0.818. The fourth-order valence-corrected chi connectivity index (χ4v) is 3.16. The van der Waals surface area contributed by atoms with Crippen LogP contribution in [0, 0.1) is 0 Å². The van der Waals surface area contributed by atoms with E-state index in [9.17, 15) is 0 Å². The molecule has 124 valence electrons. The van der Waals surface area contributed by atoms with Gasteiger partial charge in [-0.1, -0.05) is 7.43 Å². The minimum atomic E-state index is 0. The Morgan fingerprint density at radius 3 is 2.32 bits per heavy atom. The van der Waals surface area contributed by atoms with Gasteiger partial charge in [0.05, 0.1) is 6.61 Å². The maximum Gasteiger partial charge on any atom is 0.119 e. The molecule has 0 aromatic heterocycles. The molecule has 0 bridgehead atoms. The molecule has 2 heterocycles. The first-order valence-electron chi connectivity index (χ1n) is 8.33. The molecule has 1 aromatic carbocycles. The lowest BCUT2D eigenvalue weighted by molar-refractivity contribution is 0.263. The van der Waals surface area contributed by atoms with Gasteiger partial charge in [-0.05, 0) is 56.6 Å². The third kappa shape index (κ3) is 4.89. The van der Waals surface area contributed by atoms with Gasteiger partial charge in [-0.15, -0.1) is 0 Å². The summed E-state index contributed by atoms with van der Waals surface area (Å²) in [5, 5.41) is 3.38. The Balaban J connectivity index is 0.00000176. The van der Waals surface area contributed by atoms with Crippen LogP contribution in [0.4, 0.5) is 5.69 Å². The standard InChI is InChI=1S/C17H27N3O.CH4/c1-2-11-19(10-1)12-3-15-21-17-6-4-16(5-7-17)20-13-8-18-9-14-20;/h4-7,18H,1-3,8-15H2;1H4. The molecule has 0 aliphatic carbocycles. The van der Waals surface area contributed by atoms with Crippen LogP contribution < -0.4 is 15.0 Å². The van der Waals surface area contributed by atoms with Crippen LogP contribution in [0.5, 0.6) is 5.75 Å². The smallest absolute Gasteiger partial charge is 0.119 e. The molecule has 0 atom stereocenters. The van der Waals surface area contributed by atoms with Crippen LogP contribution in [0.3, 0.4) is 0 Å². The van der Waals surface area contributed by atoms with Gasteiger partial charge in [0.25, 0.3) is 0 Å². The third-order valence-corrected chi connectivity index (χ3v) is 4.40. The van der Waals surface area contributed by atoms with E-state index in [0.29, 0.717) is 0 Å². The summed E-state index contributed by atoms with van der Waals surface area (Å²) in [7, 11) is 0. The second kappa shape index (κ2) is 9.01. The van der Waals surface area contributed by atoms with Gasteiger partial charge in [0, 0.05) is 38.4 Å². The van der Waals surface area contributed by atoms with Crippen molar-refractivity contribution in [3.63, 3.8) is 0 Å². The highest BCUT2D eigenvalue weighted by molar-refractivity contribution is 5.49. The maximum absolute atomic E-state index is 5.85. The normalized spacial score (nSPS) is 19.0. The fraction of sp³-hybridized carbons (Fsp3) is 0.667. The van der Waals surface area contributed by atoms with Crippen molar-refractivity contribution in [1.82, 2.24) is 10.2 Å². The molecule has 0 saturated carbocycles. The Hall–Kier alpha value is -1.26. The van der Waals surface area contributed by atoms with Crippen LogP contribution in [0.2, 0.25) is 0 Å². The van der Waals surface area contributed by atoms with Gasteiger partial charge in [0.15, 0.2) is 0 Å². The summed E-state index contributed by atoms with van der Waals surface area (Å²) in [6, 6.07) is 8.57. The van der Waals surface area contributed by atoms with Crippen molar-refractivity contribution in [3.8, 4) is 5.75 Å². The Labute approximate surface area is 135 Å². The molecule has 22 heavy (non-hydrogen) atoms. The highest BCUT2D eigenvalue weighted by Gasteiger charge is 2.11. The lowest BCUT2D eigenvalue weighted by Crippen LogP contribution is -2.43. The predicted molar refractivity (Wildman–Crippen MR) is 94.0 cm³/mol. The van der Waals surface area contributed by atoms with Crippen molar-refractivity contribution in [3.05, 3.63) is 24.3 Å². The first-order valence-corrected chi connectivity index (χ1v) is 8.33. The molecule has 2 aliphatic heterocycles. The molecule has 0 unspecified atom stereocenters. The number of rotatable bonds is 6. The summed E-state index contributed by atoms with van der Waals surface area (Å²) >= 11 is 0. The van der Waals surface area contributed by atoms with Gasteiger partial charge < -0.3 is 19.9 Å². The van der Waals surface area contributed by atoms with E-state index in [2.05, 4.69) is 39.4 Å². The molecule has 0 spiro atoms. The van der Waals surface area contributed by atoms with Gasteiger partial charge in [-0.25, -0.2) is 0 Å². The summed E-state index contributed by atoms with van der Waals surface area (Å²) in [4.78, 5) is 4.96. The van der Waals surface area contributed by atoms with Gasteiger partial charge in [0.2, 0.25) is 0 Å². The van der Waals surface area contributed by atoms with Crippen LogP contribution in [0.15, 0.2) is 24.3 Å². The molecule has 4 heteroatoms. The second-order valence-corrected chi connectivity index (χ2v) is 5.98. The number of hydrogen-bond acceptors (Lipinski definition) is 4. The highest BCUT2D eigenvalue weighted by atomic mass is 16.5. The number of hydrogen-bond donors (Lipinski definition) is 1. The van der Waals surface area contributed by atoms with E-state index in [1.54, 1.807) is 0 Å². The Morgan fingerprint density at radius 2 is 1.64 bits per heavy atom. The maximum atomic E-state index is 5.85. The molecular formula is C18H31N3O. The van der Waals surface area contributed by atoms with E-state index in [1.807, 2.05) is 0 Å². The molecule has 3 rings (SSSR count). The molecule has 2 fully saturated rings. The van der Waals surface area contributed by atoms with Gasteiger partial charge in [-0.3, -0.25) is 0 Å². The van der Waals surface area contributed by atoms with E-state index in [4.69, 9.17) is 4.74 Å². The Morgan fingerprint density at radius 1 is 0.955 bits per heavy atom. The SMILES string of the molecule is C.c1cc(N2CCNCC2)ccc1OCCCN1CCCC1. The van der Waals surface area contributed by atoms with Crippen molar-refractivity contribution in [2.24, 2.45) is 0 Å². The number of nitrogens with one attached hydrogen (secondary N) is 1. The van der Waals surface area contributed by atoms with E-state index < -0.39 is 0 Å². The second-order valence-electron chi connectivity index (χ2n) is 5.98. The topological polar surface area (TPSA) is 27.7 Å². The summed E-state index contributed by atoms with van der Waals surface area (Å²) in [6.45, 7) is 8.90. The molecule has 2 saturated heterocycles. The highest BCUT2D eigenvalue weighted by Crippen LogP contribution is 2.20. The molecule has 0 amide bonds.